The number of carboxylic acid groups (broad SMARTS) is 1. The summed E-state index contributed by atoms with van der Waals surface area (Å²) in [6, 6.07) is 7.27. The normalized spacial score (nSPS) is 11.8. The second-order valence-corrected chi connectivity index (χ2v) is 5.50. The van der Waals surface area contributed by atoms with Gasteiger partial charge in [-0.25, -0.2) is 4.98 Å². The average Bonchev–Trinajstić information content (AvgIpc) is 3.08. The molecule has 1 aromatic carbocycles. The molecule has 1 atom stereocenters. The topological polar surface area (TPSA) is 102 Å². The van der Waals surface area contributed by atoms with Crippen LogP contribution in [0.1, 0.15) is 35.7 Å². The second kappa shape index (κ2) is 8.86. The molecule has 0 bridgehead atoms. The lowest BCUT2D eigenvalue weighted by Gasteiger charge is -2.13. The second-order valence-electron chi connectivity index (χ2n) is 5.50. The van der Waals surface area contributed by atoms with Crippen LogP contribution in [0, 0.1) is 5.92 Å². The fourth-order valence-corrected chi connectivity index (χ4v) is 2.43. The van der Waals surface area contributed by atoms with E-state index >= 15 is 0 Å². The van der Waals surface area contributed by atoms with E-state index in [0.717, 1.165) is 11.3 Å². The zero-order chi connectivity index (χ0) is 18.2. The first kappa shape index (κ1) is 18.5. The minimum atomic E-state index is -0.968. The van der Waals surface area contributed by atoms with Crippen LogP contribution in [0.4, 0.5) is 0 Å². The van der Waals surface area contributed by atoms with Crippen molar-refractivity contribution < 1.29 is 23.8 Å². The maximum Gasteiger partial charge on any atom is 0.308 e. The standard InChI is InChI=1S/C18H22N2O5/c1-3-15-16(20-11-25-15)17(21)19-10-13(18(22)23)9-12-5-7-14(8-6-12)24-4-2/h5-8,11,13H,3-4,9-10H2,1-2H3,(H,19,21)(H,22,23). The third kappa shape index (κ3) is 5.07. The van der Waals surface area contributed by atoms with Crippen molar-refractivity contribution in [2.45, 2.75) is 26.7 Å². The number of carboxylic acids is 1. The molecule has 0 aliphatic heterocycles. The Balaban J connectivity index is 1.96. The molecule has 1 amide bonds. The van der Waals surface area contributed by atoms with Gasteiger partial charge in [0.25, 0.3) is 5.91 Å². The molecule has 134 valence electrons. The smallest absolute Gasteiger partial charge is 0.308 e. The molecule has 2 N–H and O–H groups in total. The third-order valence-corrected chi connectivity index (χ3v) is 3.75. The van der Waals surface area contributed by atoms with Gasteiger partial charge < -0.3 is 19.6 Å². The molecule has 0 saturated carbocycles. The summed E-state index contributed by atoms with van der Waals surface area (Å²) in [5.74, 6) is -0.909. The summed E-state index contributed by atoms with van der Waals surface area (Å²) in [5, 5.41) is 12.0. The number of aliphatic carboxylic acids is 1. The van der Waals surface area contributed by atoms with Crippen molar-refractivity contribution in [3.05, 3.63) is 47.7 Å². The lowest BCUT2D eigenvalue weighted by Crippen LogP contribution is -2.34. The number of benzene rings is 1. The van der Waals surface area contributed by atoms with Gasteiger partial charge in [0.15, 0.2) is 12.1 Å². The number of carbonyl (C=O) groups is 2. The van der Waals surface area contributed by atoms with Crippen LogP contribution < -0.4 is 10.1 Å². The molecule has 0 fully saturated rings. The van der Waals surface area contributed by atoms with Crippen LogP contribution in [-0.4, -0.2) is 35.1 Å². The highest BCUT2D eigenvalue weighted by molar-refractivity contribution is 5.93. The van der Waals surface area contributed by atoms with Gasteiger partial charge >= 0.3 is 5.97 Å². The first-order valence-corrected chi connectivity index (χ1v) is 8.20. The molecule has 7 heteroatoms. The fraction of sp³-hybridized carbons (Fsp3) is 0.389. The number of nitrogens with one attached hydrogen (secondary N) is 1. The molecule has 1 unspecified atom stereocenters. The molecule has 0 aliphatic rings. The summed E-state index contributed by atoms with van der Waals surface area (Å²) in [5.41, 5.74) is 1.06. The number of oxazole rings is 1. The predicted molar refractivity (Wildman–Crippen MR) is 90.7 cm³/mol. The van der Waals surface area contributed by atoms with Crippen molar-refractivity contribution in [2.75, 3.05) is 13.2 Å². The van der Waals surface area contributed by atoms with E-state index in [2.05, 4.69) is 10.3 Å². The van der Waals surface area contributed by atoms with Gasteiger partial charge in [0.1, 0.15) is 11.5 Å². The largest absolute Gasteiger partial charge is 0.494 e. The molecule has 0 saturated heterocycles. The number of aromatic nitrogens is 1. The Hall–Kier alpha value is -2.83. The first-order chi connectivity index (χ1) is 12.0. The number of nitrogens with zero attached hydrogens (tertiary/aromatic N) is 1. The molecule has 2 rings (SSSR count). The summed E-state index contributed by atoms with van der Waals surface area (Å²) < 4.78 is 10.5. The molecule has 0 radical (unpaired) electrons. The lowest BCUT2D eigenvalue weighted by molar-refractivity contribution is -0.141. The minimum absolute atomic E-state index is 0.0113. The van der Waals surface area contributed by atoms with Crippen LogP contribution in [0.2, 0.25) is 0 Å². The third-order valence-electron chi connectivity index (χ3n) is 3.75. The maximum absolute atomic E-state index is 12.1. The number of ether oxygens (including phenoxy) is 1. The average molecular weight is 346 g/mol. The van der Waals surface area contributed by atoms with Crippen LogP contribution in [-0.2, 0) is 17.6 Å². The van der Waals surface area contributed by atoms with Crippen molar-refractivity contribution in [1.29, 1.82) is 0 Å². The van der Waals surface area contributed by atoms with Gasteiger partial charge in [0.05, 0.1) is 12.5 Å². The summed E-state index contributed by atoms with van der Waals surface area (Å²) in [4.78, 5) is 27.5. The van der Waals surface area contributed by atoms with E-state index in [-0.39, 0.29) is 12.2 Å². The Labute approximate surface area is 146 Å². The monoisotopic (exact) mass is 346 g/mol. The Morgan fingerprint density at radius 1 is 1.28 bits per heavy atom. The van der Waals surface area contributed by atoms with Gasteiger partial charge in [-0.1, -0.05) is 19.1 Å². The molecular formula is C18H22N2O5. The summed E-state index contributed by atoms with van der Waals surface area (Å²) in [7, 11) is 0. The van der Waals surface area contributed by atoms with Gasteiger partial charge in [-0.3, -0.25) is 9.59 Å². The van der Waals surface area contributed by atoms with E-state index in [1.165, 1.54) is 6.39 Å². The van der Waals surface area contributed by atoms with Crippen molar-refractivity contribution in [3.8, 4) is 5.75 Å². The maximum atomic E-state index is 12.1. The van der Waals surface area contributed by atoms with E-state index in [1.54, 1.807) is 12.1 Å². The Morgan fingerprint density at radius 2 is 2.00 bits per heavy atom. The molecule has 2 aromatic rings. The SMILES string of the molecule is CCOc1ccc(CC(CNC(=O)c2ncoc2CC)C(=O)O)cc1. The number of amides is 1. The summed E-state index contributed by atoms with van der Waals surface area (Å²) in [6.45, 7) is 4.33. The van der Waals surface area contributed by atoms with Crippen molar-refractivity contribution in [3.63, 3.8) is 0 Å². The van der Waals surface area contributed by atoms with Gasteiger partial charge in [-0.2, -0.15) is 0 Å². The number of carbonyl (C=O) groups excluding carboxylic acids is 1. The van der Waals surface area contributed by atoms with Crippen molar-refractivity contribution in [1.82, 2.24) is 10.3 Å². The minimum Gasteiger partial charge on any atom is -0.494 e. The summed E-state index contributed by atoms with van der Waals surface area (Å²) in [6.07, 6.45) is 2.06. The molecule has 0 spiro atoms. The van der Waals surface area contributed by atoms with E-state index in [1.807, 2.05) is 26.0 Å². The van der Waals surface area contributed by atoms with Crippen LogP contribution in [0.25, 0.3) is 0 Å². The van der Waals surface area contributed by atoms with Crippen LogP contribution >= 0.6 is 0 Å². The Morgan fingerprint density at radius 3 is 2.60 bits per heavy atom. The molecule has 1 heterocycles. The van der Waals surface area contributed by atoms with Gasteiger partial charge in [0.2, 0.25) is 0 Å². The van der Waals surface area contributed by atoms with Crippen LogP contribution in [0.5, 0.6) is 5.75 Å². The highest BCUT2D eigenvalue weighted by Gasteiger charge is 2.21. The molecule has 1 aromatic heterocycles. The van der Waals surface area contributed by atoms with Crippen molar-refractivity contribution in [2.24, 2.45) is 5.92 Å². The van der Waals surface area contributed by atoms with Gasteiger partial charge in [-0.15, -0.1) is 0 Å². The Bertz CT molecular complexity index is 709. The van der Waals surface area contributed by atoms with E-state index in [0.29, 0.717) is 25.2 Å². The van der Waals surface area contributed by atoms with E-state index in [9.17, 15) is 14.7 Å². The number of aryl methyl sites for hydroxylation is 1. The molecule has 25 heavy (non-hydrogen) atoms. The zero-order valence-corrected chi connectivity index (χ0v) is 14.3. The number of hydrogen-bond donors (Lipinski definition) is 2. The van der Waals surface area contributed by atoms with Crippen LogP contribution in [0.15, 0.2) is 35.1 Å². The lowest BCUT2D eigenvalue weighted by atomic mass is 9.99. The molecular weight excluding hydrogens is 324 g/mol. The predicted octanol–water partition coefficient (Wildman–Crippen LogP) is 2.31. The molecule has 7 nitrogen and oxygen atoms in total. The Kier molecular flexibility index (Phi) is 6.56. The fourth-order valence-electron chi connectivity index (χ4n) is 2.43. The van der Waals surface area contributed by atoms with E-state index in [4.69, 9.17) is 9.15 Å². The number of hydrogen-bond acceptors (Lipinski definition) is 5. The van der Waals surface area contributed by atoms with Gasteiger partial charge in [-0.05, 0) is 31.0 Å². The van der Waals surface area contributed by atoms with Gasteiger partial charge in [0, 0.05) is 13.0 Å². The molecule has 0 aliphatic carbocycles. The highest BCUT2D eigenvalue weighted by atomic mass is 16.5. The van der Waals surface area contributed by atoms with Crippen molar-refractivity contribution >= 4 is 11.9 Å². The zero-order valence-electron chi connectivity index (χ0n) is 14.3. The van der Waals surface area contributed by atoms with E-state index < -0.39 is 17.8 Å². The first-order valence-electron chi connectivity index (χ1n) is 8.20. The quantitative estimate of drug-likeness (QED) is 0.722. The van der Waals surface area contributed by atoms with Crippen LogP contribution in [0.3, 0.4) is 0 Å². The number of rotatable bonds is 9. The summed E-state index contributed by atoms with van der Waals surface area (Å²) >= 11 is 0. The highest BCUT2D eigenvalue weighted by Crippen LogP contribution is 2.15.